The molecule has 11 heteroatoms. The fourth-order valence-corrected chi connectivity index (χ4v) is 4.95. The van der Waals surface area contributed by atoms with Crippen molar-refractivity contribution in [2.24, 2.45) is 5.92 Å². The SMILES string of the molecule is CC(C)[C@@H](NS(=O)(=O)c1c(Cl)cccc1Cl)C(=O)OCC(=O)Nc1ccc(C#N)cc1. The van der Waals surface area contributed by atoms with Crippen LogP contribution in [0, 0.1) is 17.2 Å². The molecule has 0 spiro atoms. The Hall–Kier alpha value is -2.64. The van der Waals surface area contributed by atoms with Gasteiger partial charge in [0.25, 0.3) is 5.91 Å². The van der Waals surface area contributed by atoms with Gasteiger partial charge >= 0.3 is 5.97 Å². The number of anilines is 1. The van der Waals surface area contributed by atoms with Crippen molar-refractivity contribution in [2.75, 3.05) is 11.9 Å². The van der Waals surface area contributed by atoms with E-state index in [-0.39, 0.29) is 14.9 Å². The maximum Gasteiger partial charge on any atom is 0.324 e. The van der Waals surface area contributed by atoms with E-state index in [0.29, 0.717) is 11.3 Å². The van der Waals surface area contributed by atoms with Gasteiger partial charge in [0.05, 0.1) is 21.7 Å². The molecule has 0 saturated heterocycles. The summed E-state index contributed by atoms with van der Waals surface area (Å²) in [4.78, 5) is 24.2. The van der Waals surface area contributed by atoms with Crippen LogP contribution in [0.5, 0.6) is 0 Å². The van der Waals surface area contributed by atoms with Gasteiger partial charge in [0.15, 0.2) is 6.61 Å². The first-order valence-corrected chi connectivity index (χ1v) is 11.2. The number of benzene rings is 2. The summed E-state index contributed by atoms with van der Waals surface area (Å²) in [7, 11) is -4.25. The Kier molecular flexibility index (Phi) is 8.42. The van der Waals surface area contributed by atoms with Crippen LogP contribution in [0.4, 0.5) is 5.69 Å². The van der Waals surface area contributed by atoms with Crippen LogP contribution in [0.25, 0.3) is 0 Å². The van der Waals surface area contributed by atoms with Crippen LogP contribution in [0.15, 0.2) is 47.4 Å². The highest BCUT2D eigenvalue weighted by molar-refractivity contribution is 7.89. The Bertz CT molecular complexity index is 1090. The van der Waals surface area contributed by atoms with Crippen LogP contribution < -0.4 is 10.0 Å². The van der Waals surface area contributed by atoms with Gasteiger partial charge in [-0.25, -0.2) is 8.42 Å². The van der Waals surface area contributed by atoms with E-state index < -0.39 is 40.5 Å². The van der Waals surface area contributed by atoms with E-state index in [1.807, 2.05) is 6.07 Å². The lowest BCUT2D eigenvalue weighted by Crippen LogP contribution is -2.46. The summed E-state index contributed by atoms with van der Waals surface area (Å²) in [5, 5.41) is 11.1. The van der Waals surface area contributed by atoms with E-state index in [0.717, 1.165) is 0 Å². The van der Waals surface area contributed by atoms with Crippen LogP contribution in [0.3, 0.4) is 0 Å². The molecule has 0 unspecified atom stereocenters. The fourth-order valence-electron chi connectivity index (χ4n) is 2.47. The highest BCUT2D eigenvalue weighted by Crippen LogP contribution is 2.29. The highest BCUT2D eigenvalue weighted by Gasteiger charge is 2.32. The minimum atomic E-state index is -4.25. The molecule has 2 aromatic carbocycles. The molecule has 0 saturated carbocycles. The van der Waals surface area contributed by atoms with Gasteiger partial charge in [0.1, 0.15) is 10.9 Å². The van der Waals surface area contributed by atoms with Gasteiger partial charge in [-0.1, -0.05) is 43.1 Å². The number of esters is 1. The van der Waals surface area contributed by atoms with Crippen LogP contribution in [-0.2, 0) is 24.3 Å². The third kappa shape index (κ3) is 6.67. The predicted molar refractivity (Wildman–Crippen MR) is 116 cm³/mol. The summed E-state index contributed by atoms with van der Waals surface area (Å²) < 4.78 is 32.7. The number of sulfonamides is 1. The summed E-state index contributed by atoms with van der Waals surface area (Å²) in [6.07, 6.45) is 0. The standard InChI is InChI=1S/C20H19Cl2N3O5S/c1-12(2)18(25-31(28,29)19-15(21)4-3-5-16(19)22)20(27)30-11-17(26)24-14-8-6-13(10-23)7-9-14/h3-9,12,18,25H,11H2,1-2H3,(H,24,26)/t18-/m1/s1. The minimum absolute atomic E-state index is 0.0994. The third-order valence-corrected chi connectivity index (χ3v) is 6.43. The van der Waals surface area contributed by atoms with Crippen LogP contribution in [-0.4, -0.2) is 32.9 Å². The lowest BCUT2D eigenvalue weighted by atomic mass is 10.1. The number of rotatable bonds is 8. The number of hydrogen-bond acceptors (Lipinski definition) is 6. The van der Waals surface area contributed by atoms with Crippen LogP contribution in [0.1, 0.15) is 19.4 Å². The number of amides is 1. The summed E-state index contributed by atoms with van der Waals surface area (Å²) in [6, 6.07) is 11.0. The van der Waals surface area contributed by atoms with Crippen molar-refractivity contribution in [1.29, 1.82) is 5.26 Å². The summed E-state index contributed by atoms with van der Waals surface area (Å²) in [5.74, 6) is -2.06. The van der Waals surface area contributed by atoms with Crippen LogP contribution in [0.2, 0.25) is 10.0 Å². The summed E-state index contributed by atoms with van der Waals surface area (Å²) in [6.45, 7) is 2.59. The molecule has 0 radical (unpaired) electrons. The molecule has 0 fully saturated rings. The van der Waals surface area contributed by atoms with Crippen LogP contribution >= 0.6 is 23.2 Å². The normalized spacial score (nSPS) is 12.1. The fraction of sp³-hybridized carbons (Fsp3) is 0.250. The van der Waals surface area contributed by atoms with E-state index in [1.165, 1.54) is 42.5 Å². The van der Waals surface area contributed by atoms with Crippen molar-refractivity contribution in [3.05, 3.63) is 58.1 Å². The van der Waals surface area contributed by atoms with E-state index >= 15 is 0 Å². The number of nitrogens with zero attached hydrogens (tertiary/aromatic N) is 1. The lowest BCUT2D eigenvalue weighted by molar-refractivity contribution is -0.150. The number of halogens is 2. The molecule has 8 nitrogen and oxygen atoms in total. The molecule has 1 atom stereocenters. The zero-order valence-corrected chi connectivity index (χ0v) is 18.9. The molecule has 2 rings (SSSR count). The first-order valence-electron chi connectivity index (χ1n) is 8.98. The molecule has 0 aliphatic heterocycles. The van der Waals surface area contributed by atoms with Gasteiger partial charge < -0.3 is 10.1 Å². The molecule has 164 valence electrons. The van der Waals surface area contributed by atoms with Crippen molar-refractivity contribution >= 4 is 50.8 Å². The zero-order chi connectivity index (χ0) is 23.2. The van der Waals surface area contributed by atoms with Gasteiger partial charge in [-0.15, -0.1) is 0 Å². The van der Waals surface area contributed by atoms with Crippen molar-refractivity contribution in [3.8, 4) is 6.07 Å². The maximum atomic E-state index is 12.7. The molecule has 0 bridgehead atoms. The largest absolute Gasteiger partial charge is 0.454 e. The number of carbonyl (C=O) groups is 2. The molecule has 31 heavy (non-hydrogen) atoms. The van der Waals surface area contributed by atoms with E-state index in [2.05, 4.69) is 10.0 Å². The zero-order valence-electron chi connectivity index (χ0n) is 16.6. The molecule has 2 aromatic rings. The minimum Gasteiger partial charge on any atom is -0.454 e. The number of ether oxygens (including phenoxy) is 1. The molecule has 0 aromatic heterocycles. The molecular weight excluding hydrogens is 465 g/mol. The first-order chi connectivity index (χ1) is 14.5. The van der Waals surface area contributed by atoms with Crippen molar-refractivity contribution in [2.45, 2.75) is 24.8 Å². The Labute approximate surface area is 190 Å². The third-order valence-electron chi connectivity index (χ3n) is 4.03. The average Bonchev–Trinajstić information content (AvgIpc) is 2.70. The van der Waals surface area contributed by atoms with Crippen molar-refractivity contribution in [3.63, 3.8) is 0 Å². The summed E-state index contributed by atoms with van der Waals surface area (Å²) >= 11 is 11.9. The van der Waals surface area contributed by atoms with E-state index in [1.54, 1.807) is 13.8 Å². The Morgan fingerprint density at radius 3 is 2.19 bits per heavy atom. The highest BCUT2D eigenvalue weighted by atomic mass is 35.5. The predicted octanol–water partition coefficient (Wildman–Crippen LogP) is 3.35. The van der Waals surface area contributed by atoms with Gasteiger partial charge in [-0.2, -0.15) is 9.98 Å². The number of nitriles is 1. The van der Waals surface area contributed by atoms with Gasteiger partial charge in [-0.3, -0.25) is 9.59 Å². The quantitative estimate of drug-likeness (QED) is 0.554. The van der Waals surface area contributed by atoms with Crippen molar-refractivity contribution < 1.29 is 22.7 Å². The lowest BCUT2D eigenvalue weighted by Gasteiger charge is -2.21. The average molecular weight is 484 g/mol. The second-order valence-electron chi connectivity index (χ2n) is 6.74. The van der Waals surface area contributed by atoms with Gasteiger partial charge in [0.2, 0.25) is 10.0 Å². The van der Waals surface area contributed by atoms with Crippen molar-refractivity contribution in [1.82, 2.24) is 4.72 Å². The maximum absolute atomic E-state index is 12.7. The Morgan fingerprint density at radius 2 is 1.68 bits per heavy atom. The molecule has 0 aliphatic carbocycles. The Balaban J connectivity index is 2.05. The number of nitrogens with one attached hydrogen (secondary N) is 2. The number of carbonyl (C=O) groups excluding carboxylic acids is 2. The van der Waals surface area contributed by atoms with E-state index in [9.17, 15) is 18.0 Å². The molecule has 1 amide bonds. The van der Waals surface area contributed by atoms with Gasteiger partial charge in [-0.05, 0) is 42.3 Å². The number of hydrogen-bond donors (Lipinski definition) is 2. The van der Waals surface area contributed by atoms with Gasteiger partial charge in [0, 0.05) is 5.69 Å². The van der Waals surface area contributed by atoms with E-state index in [4.69, 9.17) is 33.2 Å². The molecule has 0 aliphatic rings. The topological polar surface area (TPSA) is 125 Å². The first kappa shape index (κ1) is 24.6. The molecule has 2 N–H and O–H groups in total. The monoisotopic (exact) mass is 483 g/mol. The Morgan fingerprint density at radius 1 is 1.10 bits per heavy atom. The molecular formula is C20H19Cl2N3O5S. The second-order valence-corrected chi connectivity index (χ2v) is 9.20. The summed E-state index contributed by atoms with van der Waals surface area (Å²) in [5.41, 5.74) is 0.838. The molecule has 0 heterocycles. The smallest absolute Gasteiger partial charge is 0.324 e. The second kappa shape index (κ2) is 10.6.